The third-order valence-corrected chi connectivity index (χ3v) is 5.45. The number of rotatable bonds is 4. The zero-order chi connectivity index (χ0) is 18.1. The first-order valence-corrected chi connectivity index (χ1v) is 9.51. The number of nitrogens with zero attached hydrogens (tertiary/aromatic N) is 1. The van der Waals surface area contributed by atoms with E-state index in [1.165, 1.54) is 11.3 Å². The Bertz CT molecular complexity index is 922. The highest BCUT2D eigenvalue weighted by Crippen LogP contribution is 2.51. The minimum Gasteiger partial charge on any atom is -0.457 e. The maximum atomic E-state index is 6.64. The van der Waals surface area contributed by atoms with Crippen molar-refractivity contribution in [3.8, 4) is 11.5 Å². The summed E-state index contributed by atoms with van der Waals surface area (Å²) < 4.78 is 6.28. The number of anilines is 1. The van der Waals surface area contributed by atoms with Crippen LogP contribution in [-0.4, -0.2) is 13.1 Å². The second kappa shape index (κ2) is 7.05. The molecule has 0 radical (unpaired) electrons. The summed E-state index contributed by atoms with van der Waals surface area (Å²) in [4.78, 5) is 2.37. The Hall–Kier alpha value is -2.45. The Morgan fingerprint density at radius 1 is 0.808 bits per heavy atom. The first kappa shape index (κ1) is 17.0. The summed E-state index contributed by atoms with van der Waals surface area (Å²) in [5, 5.41) is 0.787. The molecule has 0 bridgehead atoms. The number of ether oxygens (including phenoxy) is 1. The fraction of sp³-hybridized carbons (Fsp3) is 0.217. The molecular formula is C23H22ClNO. The number of hydrogen-bond acceptors (Lipinski definition) is 2. The van der Waals surface area contributed by atoms with E-state index in [1.54, 1.807) is 0 Å². The predicted molar refractivity (Wildman–Crippen MR) is 109 cm³/mol. The van der Waals surface area contributed by atoms with E-state index in [0.29, 0.717) is 0 Å². The van der Waals surface area contributed by atoms with Gasteiger partial charge in [0.2, 0.25) is 0 Å². The highest BCUT2D eigenvalue weighted by Gasteiger charge is 2.32. The van der Waals surface area contributed by atoms with Crippen molar-refractivity contribution in [1.82, 2.24) is 0 Å². The van der Waals surface area contributed by atoms with Crippen molar-refractivity contribution in [2.75, 3.05) is 18.0 Å². The lowest BCUT2D eigenvalue weighted by molar-refractivity contribution is 0.453. The molecule has 3 heteroatoms. The molecule has 1 aliphatic rings. The SMILES string of the molecule is CCN(CC)c1cccc2c1C(c1ccccc1Cl)c1ccccc1O2. The van der Waals surface area contributed by atoms with Gasteiger partial charge in [0.25, 0.3) is 0 Å². The van der Waals surface area contributed by atoms with Crippen LogP contribution in [0.4, 0.5) is 5.69 Å². The van der Waals surface area contributed by atoms with Gasteiger partial charge in [0.1, 0.15) is 11.5 Å². The Morgan fingerprint density at radius 3 is 2.19 bits per heavy atom. The van der Waals surface area contributed by atoms with Crippen LogP contribution in [0.5, 0.6) is 11.5 Å². The summed E-state index contributed by atoms with van der Waals surface area (Å²) in [7, 11) is 0. The van der Waals surface area contributed by atoms with Crippen LogP contribution in [0.1, 0.15) is 36.5 Å². The number of benzene rings is 3. The Morgan fingerprint density at radius 2 is 1.46 bits per heavy atom. The van der Waals surface area contributed by atoms with E-state index < -0.39 is 0 Å². The minimum absolute atomic E-state index is 0.0560. The van der Waals surface area contributed by atoms with E-state index in [-0.39, 0.29) is 5.92 Å². The Kier molecular flexibility index (Phi) is 4.60. The summed E-state index contributed by atoms with van der Waals surface area (Å²) in [6.07, 6.45) is 0. The monoisotopic (exact) mass is 363 g/mol. The Labute approximate surface area is 160 Å². The van der Waals surface area contributed by atoms with E-state index in [4.69, 9.17) is 16.3 Å². The van der Waals surface area contributed by atoms with Crippen molar-refractivity contribution >= 4 is 17.3 Å². The largest absolute Gasteiger partial charge is 0.457 e. The first-order valence-electron chi connectivity index (χ1n) is 9.13. The molecule has 132 valence electrons. The predicted octanol–water partition coefficient (Wildman–Crippen LogP) is 6.47. The molecule has 3 aromatic rings. The molecule has 0 N–H and O–H groups in total. The van der Waals surface area contributed by atoms with Gasteiger partial charge in [0, 0.05) is 40.8 Å². The number of fused-ring (bicyclic) bond motifs is 2. The normalized spacial score (nSPS) is 15.0. The molecule has 3 aromatic carbocycles. The lowest BCUT2D eigenvalue weighted by Gasteiger charge is -2.34. The fourth-order valence-corrected chi connectivity index (χ4v) is 4.11. The van der Waals surface area contributed by atoms with Gasteiger partial charge in [-0.2, -0.15) is 0 Å². The summed E-state index contributed by atoms with van der Waals surface area (Å²) >= 11 is 6.64. The maximum Gasteiger partial charge on any atom is 0.133 e. The van der Waals surface area contributed by atoms with E-state index >= 15 is 0 Å². The summed E-state index contributed by atoms with van der Waals surface area (Å²) in [5.41, 5.74) is 4.69. The summed E-state index contributed by atoms with van der Waals surface area (Å²) in [6, 6.07) is 22.7. The van der Waals surface area contributed by atoms with E-state index in [2.05, 4.69) is 61.2 Å². The van der Waals surface area contributed by atoms with Gasteiger partial charge < -0.3 is 9.64 Å². The van der Waals surface area contributed by atoms with Crippen molar-refractivity contribution in [2.45, 2.75) is 19.8 Å². The van der Waals surface area contributed by atoms with Crippen LogP contribution in [0.3, 0.4) is 0 Å². The van der Waals surface area contributed by atoms with Gasteiger partial charge in [-0.3, -0.25) is 0 Å². The molecule has 4 rings (SSSR count). The summed E-state index contributed by atoms with van der Waals surface area (Å²) in [6.45, 7) is 6.27. The standard InChI is InChI=1S/C23H22ClNO/c1-3-25(4-2)19-13-9-15-21-23(19)22(16-10-5-7-12-18(16)24)17-11-6-8-14-20(17)26-21/h5-15,22H,3-4H2,1-2H3. The van der Waals surface area contributed by atoms with Gasteiger partial charge in [0.05, 0.1) is 0 Å². The van der Waals surface area contributed by atoms with Crippen molar-refractivity contribution in [2.24, 2.45) is 0 Å². The van der Waals surface area contributed by atoms with Gasteiger partial charge in [0.15, 0.2) is 0 Å². The molecule has 1 unspecified atom stereocenters. The number of hydrogen-bond donors (Lipinski definition) is 0. The quantitative estimate of drug-likeness (QED) is 0.412. The van der Waals surface area contributed by atoms with E-state index in [9.17, 15) is 0 Å². The minimum atomic E-state index is 0.0560. The van der Waals surface area contributed by atoms with Crippen LogP contribution in [0, 0.1) is 0 Å². The van der Waals surface area contributed by atoms with Gasteiger partial charge in [-0.1, -0.05) is 54.1 Å². The molecule has 2 nitrogen and oxygen atoms in total. The van der Waals surface area contributed by atoms with Crippen molar-refractivity contribution < 1.29 is 4.74 Å². The third kappa shape index (κ3) is 2.75. The molecule has 1 heterocycles. The van der Waals surface area contributed by atoms with Gasteiger partial charge in [-0.15, -0.1) is 0 Å². The fourth-order valence-electron chi connectivity index (χ4n) is 3.87. The molecule has 0 saturated heterocycles. The average Bonchev–Trinajstić information content (AvgIpc) is 2.68. The van der Waals surface area contributed by atoms with Crippen LogP contribution >= 0.6 is 11.6 Å². The molecule has 0 saturated carbocycles. The van der Waals surface area contributed by atoms with Crippen molar-refractivity contribution in [3.63, 3.8) is 0 Å². The lowest BCUT2D eigenvalue weighted by Crippen LogP contribution is -2.25. The summed E-state index contributed by atoms with van der Waals surface area (Å²) in [5.74, 6) is 1.88. The topological polar surface area (TPSA) is 12.5 Å². The molecule has 0 amide bonds. The molecule has 0 fully saturated rings. The highest BCUT2D eigenvalue weighted by molar-refractivity contribution is 6.31. The molecular weight excluding hydrogens is 342 g/mol. The second-order valence-electron chi connectivity index (χ2n) is 6.46. The lowest BCUT2D eigenvalue weighted by atomic mass is 9.81. The van der Waals surface area contributed by atoms with Crippen LogP contribution in [0.25, 0.3) is 0 Å². The van der Waals surface area contributed by atoms with Crippen molar-refractivity contribution in [3.05, 3.63) is 88.4 Å². The first-order chi connectivity index (χ1) is 12.7. The van der Waals surface area contributed by atoms with Crippen LogP contribution in [0.2, 0.25) is 5.02 Å². The zero-order valence-corrected chi connectivity index (χ0v) is 15.8. The van der Waals surface area contributed by atoms with Crippen LogP contribution < -0.4 is 9.64 Å². The van der Waals surface area contributed by atoms with E-state index in [1.807, 2.05) is 24.3 Å². The van der Waals surface area contributed by atoms with Gasteiger partial charge >= 0.3 is 0 Å². The van der Waals surface area contributed by atoms with Crippen molar-refractivity contribution in [1.29, 1.82) is 0 Å². The maximum absolute atomic E-state index is 6.64. The molecule has 1 atom stereocenters. The molecule has 0 aliphatic carbocycles. The second-order valence-corrected chi connectivity index (χ2v) is 6.86. The van der Waals surface area contributed by atoms with E-state index in [0.717, 1.165) is 40.7 Å². The highest BCUT2D eigenvalue weighted by atomic mass is 35.5. The molecule has 0 aromatic heterocycles. The number of para-hydroxylation sites is 1. The van der Waals surface area contributed by atoms with Gasteiger partial charge in [-0.25, -0.2) is 0 Å². The molecule has 1 aliphatic heterocycles. The molecule has 0 spiro atoms. The Balaban J connectivity index is 2.01. The zero-order valence-electron chi connectivity index (χ0n) is 15.1. The van der Waals surface area contributed by atoms with Gasteiger partial charge in [-0.05, 0) is 43.7 Å². The average molecular weight is 364 g/mol. The van der Waals surface area contributed by atoms with Crippen LogP contribution in [-0.2, 0) is 0 Å². The smallest absolute Gasteiger partial charge is 0.133 e. The molecule has 26 heavy (non-hydrogen) atoms. The van der Waals surface area contributed by atoms with Crippen LogP contribution in [0.15, 0.2) is 66.7 Å². The number of halogens is 1. The third-order valence-electron chi connectivity index (χ3n) is 5.10.